The first kappa shape index (κ1) is 14.4. The van der Waals surface area contributed by atoms with Crippen LogP contribution in [0.3, 0.4) is 0 Å². The van der Waals surface area contributed by atoms with E-state index in [0.29, 0.717) is 13.1 Å². The molecule has 1 aliphatic heterocycles. The zero-order chi connectivity index (χ0) is 15.4. The quantitative estimate of drug-likeness (QED) is 0.855. The number of carbonyl (C=O) groups excluding carboxylic acids is 1. The number of benzene rings is 1. The van der Waals surface area contributed by atoms with Crippen LogP contribution in [-0.4, -0.2) is 49.3 Å². The molecular weight excluding hydrogens is 278 g/mol. The molecule has 0 radical (unpaired) electrons. The van der Waals surface area contributed by atoms with Gasteiger partial charge in [0.2, 0.25) is 0 Å². The zero-order valence-electron chi connectivity index (χ0n) is 12.6. The molecule has 5 nitrogen and oxygen atoms in total. The third kappa shape index (κ3) is 3.03. The van der Waals surface area contributed by atoms with Gasteiger partial charge in [0.1, 0.15) is 5.82 Å². The van der Waals surface area contributed by atoms with E-state index in [4.69, 9.17) is 9.72 Å². The molecule has 1 aliphatic rings. The maximum Gasteiger partial charge on any atom is 0.409 e. The van der Waals surface area contributed by atoms with E-state index < -0.39 is 0 Å². The van der Waals surface area contributed by atoms with Gasteiger partial charge >= 0.3 is 6.09 Å². The van der Waals surface area contributed by atoms with Gasteiger partial charge in [-0.2, -0.15) is 0 Å². The Labute approximate surface area is 130 Å². The molecule has 0 bridgehead atoms. The number of amides is 1. The Hall–Kier alpha value is -2.56. The highest BCUT2D eigenvalue weighted by Crippen LogP contribution is 2.21. The van der Waals surface area contributed by atoms with Gasteiger partial charge in [-0.25, -0.2) is 9.78 Å². The molecule has 0 spiro atoms. The Kier molecular flexibility index (Phi) is 4.23. The molecule has 1 aromatic carbocycles. The summed E-state index contributed by atoms with van der Waals surface area (Å²) in [5, 5.41) is 0. The monoisotopic (exact) mass is 297 g/mol. The molecule has 3 rings (SSSR count). The van der Waals surface area contributed by atoms with Crippen molar-refractivity contribution in [3.8, 4) is 11.3 Å². The van der Waals surface area contributed by atoms with Crippen LogP contribution in [0.2, 0.25) is 0 Å². The second-order valence-electron chi connectivity index (χ2n) is 5.19. The maximum absolute atomic E-state index is 11.5. The number of rotatable bonds is 2. The molecule has 0 atom stereocenters. The first-order valence-corrected chi connectivity index (χ1v) is 7.38. The highest BCUT2D eigenvalue weighted by Gasteiger charge is 2.22. The number of hydrogen-bond donors (Lipinski definition) is 0. The van der Waals surface area contributed by atoms with Crippen molar-refractivity contribution in [2.24, 2.45) is 0 Å². The summed E-state index contributed by atoms with van der Waals surface area (Å²) < 4.78 is 4.76. The molecule has 22 heavy (non-hydrogen) atoms. The number of piperazine rings is 1. The van der Waals surface area contributed by atoms with Gasteiger partial charge in [-0.1, -0.05) is 36.4 Å². The normalized spacial score (nSPS) is 14.8. The van der Waals surface area contributed by atoms with Crippen molar-refractivity contribution in [1.82, 2.24) is 9.88 Å². The van der Waals surface area contributed by atoms with Crippen molar-refractivity contribution >= 4 is 11.9 Å². The summed E-state index contributed by atoms with van der Waals surface area (Å²) in [5.74, 6) is 0.950. The molecule has 5 heteroatoms. The maximum atomic E-state index is 11.5. The second-order valence-corrected chi connectivity index (χ2v) is 5.19. The average molecular weight is 297 g/mol. The van der Waals surface area contributed by atoms with Crippen LogP contribution in [0.5, 0.6) is 0 Å². The van der Waals surface area contributed by atoms with Crippen LogP contribution in [0.4, 0.5) is 10.6 Å². The number of pyridine rings is 1. The minimum absolute atomic E-state index is 0.259. The second kappa shape index (κ2) is 6.47. The van der Waals surface area contributed by atoms with Crippen LogP contribution >= 0.6 is 0 Å². The lowest BCUT2D eigenvalue weighted by atomic mass is 10.1. The SMILES string of the molecule is COC(=O)N1CCN(c2cccc(-c3ccccc3)n2)CC1. The van der Waals surface area contributed by atoms with Crippen LogP contribution in [-0.2, 0) is 4.74 Å². The summed E-state index contributed by atoms with van der Waals surface area (Å²) in [6.07, 6.45) is -0.259. The Balaban J connectivity index is 1.73. The fraction of sp³-hybridized carbons (Fsp3) is 0.294. The molecule has 0 aliphatic carbocycles. The van der Waals surface area contributed by atoms with Crippen LogP contribution < -0.4 is 4.90 Å². The number of carbonyl (C=O) groups is 1. The highest BCUT2D eigenvalue weighted by atomic mass is 16.5. The Morgan fingerprint density at radius 3 is 2.41 bits per heavy atom. The van der Waals surface area contributed by atoms with Crippen molar-refractivity contribution in [2.45, 2.75) is 0 Å². The molecule has 1 amide bonds. The predicted octanol–water partition coefficient (Wildman–Crippen LogP) is 2.64. The molecule has 0 saturated carbocycles. The standard InChI is InChI=1S/C17H19N3O2/c1-22-17(21)20-12-10-19(11-13-20)16-9-5-8-15(18-16)14-6-3-2-4-7-14/h2-9H,10-13H2,1H3. The summed E-state index contributed by atoms with van der Waals surface area (Å²) >= 11 is 0. The fourth-order valence-corrected chi connectivity index (χ4v) is 2.62. The Morgan fingerprint density at radius 2 is 1.73 bits per heavy atom. The van der Waals surface area contributed by atoms with Crippen molar-refractivity contribution < 1.29 is 9.53 Å². The topological polar surface area (TPSA) is 45.7 Å². The van der Waals surface area contributed by atoms with Crippen LogP contribution in [0.25, 0.3) is 11.3 Å². The van der Waals surface area contributed by atoms with Crippen molar-refractivity contribution in [3.05, 3.63) is 48.5 Å². The minimum atomic E-state index is -0.259. The molecule has 0 unspecified atom stereocenters. The summed E-state index contributed by atoms with van der Waals surface area (Å²) in [6.45, 7) is 2.84. The van der Waals surface area contributed by atoms with Crippen LogP contribution in [0.1, 0.15) is 0 Å². The summed E-state index contributed by atoms with van der Waals surface area (Å²) in [7, 11) is 1.42. The minimum Gasteiger partial charge on any atom is -0.453 e. The molecule has 1 aromatic heterocycles. The molecular formula is C17H19N3O2. The van der Waals surface area contributed by atoms with Gasteiger partial charge in [-0.15, -0.1) is 0 Å². The number of nitrogens with zero attached hydrogens (tertiary/aromatic N) is 3. The third-order valence-electron chi connectivity index (χ3n) is 3.84. The Bertz CT molecular complexity index is 637. The lowest BCUT2D eigenvalue weighted by Gasteiger charge is -2.34. The van der Waals surface area contributed by atoms with E-state index in [1.165, 1.54) is 7.11 Å². The number of anilines is 1. The number of ether oxygens (including phenoxy) is 1. The largest absolute Gasteiger partial charge is 0.453 e. The summed E-state index contributed by atoms with van der Waals surface area (Å²) in [5.41, 5.74) is 2.08. The van der Waals surface area contributed by atoms with Crippen LogP contribution in [0, 0.1) is 0 Å². The van der Waals surface area contributed by atoms with Gasteiger partial charge in [0, 0.05) is 31.7 Å². The van der Waals surface area contributed by atoms with Gasteiger partial charge in [0.05, 0.1) is 12.8 Å². The van der Waals surface area contributed by atoms with E-state index in [2.05, 4.69) is 17.0 Å². The Morgan fingerprint density at radius 1 is 1.00 bits per heavy atom. The van der Waals surface area contributed by atoms with Gasteiger partial charge in [-0.3, -0.25) is 0 Å². The third-order valence-corrected chi connectivity index (χ3v) is 3.84. The fourth-order valence-electron chi connectivity index (χ4n) is 2.62. The van der Waals surface area contributed by atoms with E-state index in [-0.39, 0.29) is 6.09 Å². The first-order chi connectivity index (χ1) is 10.8. The van der Waals surface area contributed by atoms with E-state index in [1.807, 2.05) is 36.4 Å². The van der Waals surface area contributed by atoms with E-state index >= 15 is 0 Å². The lowest BCUT2D eigenvalue weighted by molar-refractivity contribution is 0.121. The van der Waals surface area contributed by atoms with Gasteiger partial charge in [0.25, 0.3) is 0 Å². The first-order valence-electron chi connectivity index (χ1n) is 7.38. The molecule has 0 N–H and O–H groups in total. The van der Waals surface area contributed by atoms with Gasteiger partial charge in [-0.05, 0) is 12.1 Å². The molecule has 1 saturated heterocycles. The van der Waals surface area contributed by atoms with E-state index in [9.17, 15) is 4.79 Å². The van der Waals surface area contributed by atoms with Crippen molar-refractivity contribution in [2.75, 3.05) is 38.2 Å². The summed E-state index contributed by atoms with van der Waals surface area (Å²) in [6, 6.07) is 16.2. The average Bonchev–Trinajstić information content (AvgIpc) is 2.62. The van der Waals surface area contributed by atoms with Gasteiger partial charge in [0.15, 0.2) is 0 Å². The number of aromatic nitrogens is 1. The molecule has 2 heterocycles. The smallest absolute Gasteiger partial charge is 0.409 e. The zero-order valence-corrected chi connectivity index (χ0v) is 12.6. The van der Waals surface area contributed by atoms with E-state index in [0.717, 1.165) is 30.2 Å². The highest BCUT2D eigenvalue weighted by molar-refractivity contribution is 5.68. The number of methoxy groups -OCH3 is 1. The van der Waals surface area contributed by atoms with Crippen molar-refractivity contribution in [3.63, 3.8) is 0 Å². The van der Waals surface area contributed by atoms with Crippen molar-refractivity contribution in [1.29, 1.82) is 0 Å². The summed E-state index contributed by atoms with van der Waals surface area (Å²) in [4.78, 5) is 20.2. The molecule has 1 fully saturated rings. The number of hydrogen-bond acceptors (Lipinski definition) is 4. The molecule has 114 valence electrons. The lowest BCUT2D eigenvalue weighted by Crippen LogP contribution is -2.49. The van der Waals surface area contributed by atoms with E-state index in [1.54, 1.807) is 4.90 Å². The van der Waals surface area contributed by atoms with Crippen LogP contribution in [0.15, 0.2) is 48.5 Å². The van der Waals surface area contributed by atoms with Gasteiger partial charge < -0.3 is 14.5 Å². The molecule has 2 aromatic rings. The predicted molar refractivity (Wildman–Crippen MR) is 85.9 cm³/mol.